The number of sulfone groups is 1. The molecule has 2 aromatic heterocycles. The number of rotatable bonds is 14. The van der Waals surface area contributed by atoms with Crippen molar-refractivity contribution >= 4 is 105 Å². The molecule has 2 unspecified atom stereocenters. The van der Waals surface area contributed by atoms with E-state index in [0.717, 1.165) is 125 Å². The number of thiophene rings is 2. The first-order valence-electron chi connectivity index (χ1n) is 17.2. The highest BCUT2D eigenvalue weighted by atomic mass is 79.9. The first kappa shape index (κ1) is 35.1. The summed E-state index contributed by atoms with van der Waals surface area (Å²) in [6.07, 6.45) is 10.4. The number of hydrogen-bond acceptors (Lipinski definition) is 4. The first-order valence-corrected chi connectivity index (χ1v) is 21.9. The Kier molecular flexibility index (Phi) is 11.2. The maximum Gasteiger partial charge on any atom is 0.208 e. The molecule has 7 heteroatoms. The van der Waals surface area contributed by atoms with Gasteiger partial charge in [-0.15, -0.1) is 22.7 Å². The van der Waals surface area contributed by atoms with Crippen molar-refractivity contribution < 1.29 is 8.42 Å². The van der Waals surface area contributed by atoms with Crippen molar-refractivity contribution in [2.45, 2.75) is 102 Å². The van der Waals surface area contributed by atoms with E-state index in [1.54, 1.807) is 22.7 Å². The molecule has 0 amide bonds. The van der Waals surface area contributed by atoms with E-state index in [4.69, 9.17) is 0 Å². The first-order chi connectivity index (χ1) is 22.7. The zero-order valence-electron chi connectivity index (χ0n) is 27.8. The molecule has 0 radical (unpaired) electrons. The van der Waals surface area contributed by atoms with E-state index in [1.807, 2.05) is 0 Å². The van der Waals surface area contributed by atoms with Gasteiger partial charge in [0.05, 0.1) is 9.79 Å². The van der Waals surface area contributed by atoms with Gasteiger partial charge < -0.3 is 0 Å². The lowest BCUT2D eigenvalue weighted by atomic mass is 9.91. The molecule has 0 aliphatic rings. The van der Waals surface area contributed by atoms with Crippen molar-refractivity contribution in [3.05, 3.63) is 80.7 Å². The Morgan fingerprint density at radius 2 is 1.00 bits per heavy atom. The summed E-state index contributed by atoms with van der Waals surface area (Å²) in [5, 5.41) is 3.80. The minimum absolute atomic E-state index is 0.435. The summed E-state index contributed by atoms with van der Waals surface area (Å²) >= 11 is 10.8. The Bertz CT molecular complexity index is 2010. The van der Waals surface area contributed by atoms with Crippen LogP contribution in [0, 0.1) is 11.8 Å². The molecule has 0 bridgehead atoms. The van der Waals surface area contributed by atoms with Crippen LogP contribution in [0.3, 0.4) is 0 Å². The highest BCUT2D eigenvalue weighted by Crippen LogP contribution is 2.47. The van der Waals surface area contributed by atoms with Gasteiger partial charge in [-0.05, 0) is 84.3 Å². The van der Waals surface area contributed by atoms with E-state index in [9.17, 15) is 0 Å². The zero-order valence-corrected chi connectivity index (χ0v) is 33.4. The molecule has 4 aromatic carbocycles. The number of benzene rings is 4. The number of fused-ring (bicyclic) bond motifs is 6. The molecule has 0 N–H and O–H groups in total. The van der Waals surface area contributed by atoms with Crippen LogP contribution in [0.2, 0.25) is 0 Å². The summed E-state index contributed by atoms with van der Waals surface area (Å²) in [7, 11) is -3.97. The van der Waals surface area contributed by atoms with Gasteiger partial charge in [-0.25, -0.2) is 8.42 Å². The predicted molar refractivity (Wildman–Crippen MR) is 214 cm³/mol. The molecule has 0 saturated carbocycles. The lowest BCUT2D eigenvalue weighted by molar-refractivity contribution is 0.445. The molecule has 2 atom stereocenters. The van der Waals surface area contributed by atoms with E-state index in [-0.39, 0.29) is 0 Å². The number of unbranched alkanes of at least 4 members (excludes halogenated alkanes) is 2. The number of halogens is 2. The average molecular weight is 813 g/mol. The third-order valence-electron chi connectivity index (χ3n) is 9.90. The van der Waals surface area contributed by atoms with Crippen LogP contribution in [-0.2, 0) is 22.7 Å². The highest BCUT2D eigenvalue weighted by molar-refractivity contribution is 9.10. The van der Waals surface area contributed by atoms with E-state index < -0.39 is 9.84 Å². The van der Waals surface area contributed by atoms with Gasteiger partial charge in [0.1, 0.15) is 0 Å². The molecule has 0 aliphatic carbocycles. The van der Waals surface area contributed by atoms with Crippen LogP contribution in [0.4, 0.5) is 0 Å². The van der Waals surface area contributed by atoms with Crippen LogP contribution in [0.25, 0.3) is 40.3 Å². The van der Waals surface area contributed by atoms with Gasteiger partial charge in [0, 0.05) is 49.3 Å². The van der Waals surface area contributed by atoms with Crippen molar-refractivity contribution in [1.29, 1.82) is 0 Å². The lowest BCUT2D eigenvalue weighted by Gasteiger charge is -2.22. The summed E-state index contributed by atoms with van der Waals surface area (Å²) in [5.41, 5.74) is 1.92. The molecular weight excluding hydrogens is 768 g/mol. The Morgan fingerprint density at radius 3 is 1.38 bits per heavy atom. The fraction of sp³-hybridized carbons (Fsp3) is 0.400. The maximum atomic E-state index is 15.9. The Balaban J connectivity index is 1.70. The van der Waals surface area contributed by atoms with Crippen LogP contribution >= 0.6 is 54.5 Å². The molecule has 0 fully saturated rings. The molecule has 6 rings (SSSR count). The van der Waals surface area contributed by atoms with Crippen LogP contribution in [0.5, 0.6) is 0 Å². The highest BCUT2D eigenvalue weighted by Gasteiger charge is 2.32. The number of hydrogen-bond donors (Lipinski definition) is 0. The molecule has 0 aliphatic heterocycles. The summed E-state index contributed by atoms with van der Waals surface area (Å²) in [4.78, 5) is 1.05. The van der Waals surface area contributed by atoms with Crippen LogP contribution in [-0.4, -0.2) is 8.42 Å². The van der Waals surface area contributed by atoms with E-state index in [1.165, 1.54) is 0 Å². The van der Waals surface area contributed by atoms with E-state index in [0.29, 0.717) is 21.6 Å². The monoisotopic (exact) mass is 810 g/mol. The SMILES string of the molecule is CCCCC(CC)Cc1ccc2sc3ccc(Br)cc3c2c1S(=O)(=O)c1c(CC(CC)CCCC)ccc2sc3ccc(Br)cc3c12. The van der Waals surface area contributed by atoms with Gasteiger partial charge in [0.15, 0.2) is 0 Å². The Hall–Kier alpha value is -1.77. The molecule has 6 aromatic rings. The van der Waals surface area contributed by atoms with Gasteiger partial charge in [-0.2, -0.15) is 0 Å². The van der Waals surface area contributed by atoms with Crippen LogP contribution in [0.1, 0.15) is 90.2 Å². The fourth-order valence-electron chi connectivity index (χ4n) is 7.25. The normalized spacial score (nSPS) is 13.7. The minimum Gasteiger partial charge on any atom is -0.218 e. The second-order valence-electron chi connectivity index (χ2n) is 13.1. The van der Waals surface area contributed by atoms with Crippen molar-refractivity contribution in [2.24, 2.45) is 11.8 Å². The third kappa shape index (κ3) is 6.99. The molecular formula is C40H44Br2O2S3. The standard InChI is InChI=1S/C40H44Br2O2S3/c1-5-9-11-25(7-3)21-27-13-17-35-37(31-23-29(41)15-19-33(31)45-35)39(27)47(43,44)40-28(22-26(8-4)12-10-6-2)14-18-36-38(40)32-24-30(42)16-20-34(32)46-36/h13-20,23-26H,5-12,21-22H2,1-4H3. The third-order valence-corrected chi connectivity index (χ3v) is 15.2. The maximum absolute atomic E-state index is 15.9. The quantitative estimate of drug-likeness (QED) is 0.110. The lowest BCUT2D eigenvalue weighted by Crippen LogP contribution is -2.14. The van der Waals surface area contributed by atoms with Gasteiger partial charge in [-0.1, -0.05) is 123 Å². The minimum atomic E-state index is -3.97. The predicted octanol–water partition coefficient (Wildman–Crippen LogP) is 14.3. The molecule has 0 saturated heterocycles. The molecule has 2 heterocycles. The van der Waals surface area contributed by atoms with Gasteiger partial charge in [-0.3, -0.25) is 0 Å². The van der Waals surface area contributed by atoms with Crippen molar-refractivity contribution in [3.63, 3.8) is 0 Å². The molecule has 2 nitrogen and oxygen atoms in total. The summed E-state index contributed by atoms with van der Waals surface area (Å²) in [5.74, 6) is 0.870. The second kappa shape index (κ2) is 15.0. The van der Waals surface area contributed by atoms with Gasteiger partial charge in [0.2, 0.25) is 9.84 Å². The van der Waals surface area contributed by atoms with Gasteiger partial charge >= 0.3 is 0 Å². The topological polar surface area (TPSA) is 34.1 Å². The Labute approximate surface area is 305 Å². The van der Waals surface area contributed by atoms with Gasteiger partial charge in [0.25, 0.3) is 0 Å². The van der Waals surface area contributed by atoms with Crippen LogP contribution in [0.15, 0.2) is 79.4 Å². The fourth-order valence-corrected chi connectivity index (χ4v) is 12.5. The van der Waals surface area contributed by atoms with E-state index in [2.05, 4.69) is 120 Å². The summed E-state index contributed by atoms with van der Waals surface area (Å²) in [6, 6.07) is 21.2. The van der Waals surface area contributed by atoms with Crippen molar-refractivity contribution in [2.75, 3.05) is 0 Å². The molecule has 47 heavy (non-hydrogen) atoms. The van der Waals surface area contributed by atoms with E-state index >= 15 is 8.42 Å². The molecule has 0 spiro atoms. The van der Waals surface area contributed by atoms with Crippen molar-refractivity contribution in [3.8, 4) is 0 Å². The largest absolute Gasteiger partial charge is 0.218 e. The Morgan fingerprint density at radius 1 is 0.596 bits per heavy atom. The summed E-state index contributed by atoms with van der Waals surface area (Å²) in [6.45, 7) is 8.97. The van der Waals surface area contributed by atoms with Crippen molar-refractivity contribution in [1.82, 2.24) is 0 Å². The smallest absolute Gasteiger partial charge is 0.208 e. The average Bonchev–Trinajstić information content (AvgIpc) is 3.61. The second-order valence-corrected chi connectivity index (χ2v) is 18.9. The molecule has 248 valence electrons. The zero-order chi connectivity index (χ0) is 33.3. The summed E-state index contributed by atoms with van der Waals surface area (Å²) < 4.78 is 38.0. The van der Waals surface area contributed by atoms with Crippen LogP contribution < -0.4 is 0 Å².